The monoisotopic (exact) mass is 341 g/mol. The summed E-state index contributed by atoms with van der Waals surface area (Å²) >= 11 is 2.08. The lowest BCUT2D eigenvalue weighted by atomic mass is 9.97. The minimum absolute atomic E-state index is 0.149. The van der Waals surface area contributed by atoms with Crippen LogP contribution in [0.2, 0.25) is 0 Å². The van der Waals surface area contributed by atoms with Crippen LogP contribution in [-0.4, -0.2) is 51.0 Å². The highest BCUT2D eigenvalue weighted by Gasteiger charge is 2.37. The molecule has 0 bridgehead atoms. The lowest BCUT2D eigenvalue weighted by molar-refractivity contribution is 0.0782. The van der Waals surface area contributed by atoms with Gasteiger partial charge in [0.1, 0.15) is 0 Å². The number of ether oxygens (including phenoxy) is 1. The first-order valence-corrected chi connectivity index (χ1v) is 10.5. The van der Waals surface area contributed by atoms with Crippen molar-refractivity contribution in [2.75, 3.05) is 42.7 Å². The van der Waals surface area contributed by atoms with Crippen molar-refractivity contribution >= 4 is 27.3 Å². The summed E-state index contributed by atoms with van der Waals surface area (Å²) in [6, 6.07) is 7.39. The first kappa shape index (κ1) is 16.1. The molecule has 0 atom stereocenters. The Morgan fingerprint density at radius 3 is 2.55 bits per heavy atom. The number of rotatable bonds is 3. The maximum atomic E-state index is 11.9. The Labute approximate surface area is 137 Å². The van der Waals surface area contributed by atoms with E-state index in [1.807, 2.05) is 12.1 Å². The second-order valence-electron chi connectivity index (χ2n) is 5.96. The van der Waals surface area contributed by atoms with Crippen LogP contribution in [0.25, 0.3) is 0 Å². The lowest BCUT2D eigenvalue weighted by Gasteiger charge is -2.45. The van der Waals surface area contributed by atoms with Crippen LogP contribution in [0.4, 0.5) is 5.69 Å². The molecule has 2 heterocycles. The molecule has 0 radical (unpaired) electrons. The van der Waals surface area contributed by atoms with Crippen LogP contribution < -0.4 is 4.90 Å². The summed E-state index contributed by atoms with van der Waals surface area (Å²) < 4.78 is 29.6. The molecule has 0 amide bonds. The van der Waals surface area contributed by atoms with Gasteiger partial charge in [0.25, 0.3) is 0 Å². The zero-order valence-corrected chi connectivity index (χ0v) is 14.6. The van der Waals surface area contributed by atoms with E-state index in [4.69, 9.17) is 4.74 Å². The molecule has 2 saturated heterocycles. The number of anilines is 1. The molecule has 1 spiro atoms. The third kappa shape index (κ3) is 3.29. The maximum Gasteiger partial charge on any atom is 0.178 e. The van der Waals surface area contributed by atoms with E-state index in [0.717, 1.165) is 50.6 Å². The second-order valence-corrected chi connectivity index (χ2v) is 9.80. The summed E-state index contributed by atoms with van der Waals surface area (Å²) in [6.07, 6.45) is 2.22. The Balaban J connectivity index is 1.76. The number of thioether (sulfide) groups is 1. The molecule has 2 aliphatic heterocycles. The van der Waals surface area contributed by atoms with Crippen molar-refractivity contribution in [2.24, 2.45) is 0 Å². The molecular formula is C16H23NO3S2. The van der Waals surface area contributed by atoms with Crippen molar-refractivity contribution in [2.45, 2.75) is 29.4 Å². The quantitative estimate of drug-likeness (QED) is 0.846. The van der Waals surface area contributed by atoms with Gasteiger partial charge in [0.05, 0.1) is 10.6 Å². The van der Waals surface area contributed by atoms with Gasteiger partial charge in [0.2, 0.25) is 0 Å². The Kier molecular flexibility index (Phi) is 4.71. The standard InChI is InChI=1S/C16H23NO3S2/c1-2-22(18,19)15-5-3-14(4-6-15)17-9-12-21-16(13-17)7-10-20-11-8-16/h3-6H,2,7-13H2,1H3. The topological polar surface area (TPSA) is 46.6 Å². The first-order valence-electron chi connectivity index (χ1n) is 7.84. The van der Waals surface area contributed by atoms with Gasteiger partial charge in [-0.25, -0.2) is 8.42 Å². The molecule has 3 rings (SSSR count). The van der Waals surface area contributed by atoms with Crippen LogP contribution in [-0.2, 0) is 14.6 Å². The summed E-state index contributed by atoms with van der Waals surface area (Å²) in [5.41, 5.74) is 1.13. The molecule has 0 aromatic heterocycles. The van der Waals surface area contributed by atoms with Gasteiger partial charge in [0, 0.05) is 42.5 Å². The summed E-state index contributed by atoms with van der Waals surface area (Å²) in [5, 5.41) is 0. The van der Waals surface area contributed by atoms with Crippen LogP contribution in [0.1, 0.15) is 19.8 Å². The number of nitrogens with zero attached hydrogens (tertiary/aromatic N) is 1. The Hall–Kier alpha value is -0.720. The zero-order chi connectivity index (χ0) is 15.6. The molecule has 0 N–H and O–H groups in total. The number of sulfone groups is 1. The van der Waals surface area contributed by atoms with E-state index in [2.05, 4.69) is 16.7 Å². The fraction of sp³-hybridized carbons (Fsp3) is 0.625. The van der Waals surface area contributed by atoms with Gasteiger partial charge in [-0.15, -0.1) is 0 Å². The maximum absolute atomic E-state index is 11.9. The molecule has 1 aromatic carbocycles. The molecule has 1 aromatic rings. The van der Waals surface area contributed by atoms with E-state index in [9.17, 15) is 8.42 Å². The predicted octanol–water partition coefficient (Wildman–Crippen LogP) is 2.58. The molecule has 0 aliphatic carbocycles. The normalized spacial score (nSPS) is 22.0. The average Bonchev–Trinajstić information content (AvgIpc) is 2.56. The van der Waals surface area contributed by atoms with Crippen LogP contribution in [0.5, 0.6) is 0 Å². The van der Waals surface area contributed by atoms with Gasteiger partial charge < -0.3 is 9.64 Å². The molecule has 122 valence electrons. The van der Waals surface area contributed by atoms with Crippen molar-refractivity contribution in [1.82, 2.24) is 0 Å². The van der Waals surface area contributed by atoms with Gasteiger partial charge >= 0.3 is 0 Å². The minimum Gasteiger partial charge on any atom is -0.381 e. The van der Waals surface area contributed by atoms with Gasteiger partial charge in [-0.05, 0) is 37.1 Å². The molecular weight excluding hydrogens is 318 g/mol. The van der Waals surface area contributed by atoms with Gasteiger partial charge in [0.15, 0.2) is 9.84 Å². The molecule has 0 unspecified atom stereocenters. The van der Waals surface area contributed by atoms with Crippen LogP contribution in [0.3, 0.4) is 0 Å². The minimum atomic E-state index is -3.11. The van der Waals surface area contributed by atoms with E-state index in [1.165, 1.54) is 0 Å². The first-order chi connectivity index (χ1) is 10.5. The lowest BCUT2D eigenvalue weighted by Crippen LogP contribution is -2.49. The van der Waals surface area contributed by atoms with Crippen molar-refractivity contribution in [3.8, 4) is 0 Å². The van der Waals surface area contributed by atoms with Crippen LogP contribution in [0, 0.1) is 0 Å². The molecule has 4 nitrogen and oxygen atoms in total. The fourth-order valence-corrected chi connectivity index (χ4v) is 5.47. The van der Waals surface area contributed by atoms with Crippen molar-refractivity contribution in [3.05, 3.63) is 24.3 Å². The van der Waals surface area contributed by atoms with E-state index < -0.39 is 9.84 Å². The van der Waals surface area contributed by atoms with Crippen molar-refractivity contribution in [1.29, 1.82) is 0 Å². The molecule has 22 heavy (non-hydrogen) atoms. The Morgan fingerprint density at radius 1 is 1.23 bits per heavy atom. The van der Waals surface area contributed by atoms with Crippen molar-refractivity contribution in [3.63, 3.8) is 0 Å². The van der Waals surface area contributed by atoms with Crippen LogP contribution in [0.15, 0.2) is 29.2 Å². The molecule has 2 fully saturated rings. The summed E-state index contributed by atoms with van der Waals surface area (Å²) in [5.74, 6) is 1.27. The molecule has 6 heteroatoms. The van der Waals surface area contributed by atoms with Gasteiger partial charge in [-0.1, -0.05) is 6.92 Å². The van der Waals surface area contributed by atoms with E-state index in [-0.39, 0.29) is 5.75 Å². The highest BCUT2D eigenvalue weighted by Crippen LogP contribution is 2.40. The van der Waals surface area contributed by atoms with E-state index in [1.54, 1.807) is 19.1 Å². The van der Waals surface area contributed by atoms with E-state index >= 15 is 0 Å². The smallest absolute Gasteiger partial charge is 0.178 e. The third-order valence-corrected chi connectivity index (χ3v) is 7.88. The Bertz CT molecular complexity index is 601. The van der Waals surface area contributed by atoms with Crippen molar-refractivity contribution < 1.29 is 13.2 Å². The number of hydrogen-bond donors (Lipinski definition) is 0. The highest BCUT2D eigenvalue weighted by atomic mass is 32.2. The predicted molar refractivity (Wildman–Crippen MR) is 91.6 cm³/mol. The largest absolute Gasteiger partial charge is 0.381 e. The fourth-order valence-electron chi connectivity index (χ4n) is 3.14. The molecule has 2 aliphatic rings. The van der Waals surface area contributed by atoms with E-state index in [0.29, 0.717) is 9.64 Å². The number of hydrogen-bond acceptors (Lipinski definition) is 5. The van der Waals surface area contributed by atoms with Crippen LogP contribution >= 0.6 is 11.8 Å². The zero-order valence-electron chi connectivity index (χ0n) is 13.0. The molecule has 0 saturated carbocycles. The summed E-state index contributed by atoms with van der Waals surface area (Å²) in [7, 11) is -3.11. The van der Waals surface area contributed by atoms with Gasteiger partial charge in [-0.3, -0.25) is 0 Å². The third-order valence-electron chi connectivity index (χ3n) is 4.59. The second kappa shape index (κ2) is 6.42. The summed E-state index contributed by atoms with van der Waals surface area (Å²) in [6.45, 7) is 5.44. The highest BCUT2D eigenvalue weighted by molar-refractivity contribution is 8.00. The Morgan fingerprint density at radius 2 is 1.91 bits per heavy atom. The SMILES string of the molecule is CCS(=O)(=O)c1ccc(N2CCSC3(CCOCC3)C2)cc1. The number of benzene rings is 1. The average molecular weight is 341 g/mol. The van der Waals surface area contributed by atoms with Gasteiger partial charge in [-0.2, -0.15) is 11.8 Å². The summed E-state index contributed by atoms with van der Waals surface area (Å²) in [4.78, 5) is 2.82.